The van der Waals surface area contributed by atoms with E-state index in [1.54, 1.807) is 36.6 Å². The summed E-state index contributed by atoms with van der Waals surface area (Å²) in [5, 5.41) is 6.55. The van der Waals surface area contributed by atoms with Crippen LogP contribution in [0.25, 0.3) is 22.6 Å². The van der Waals surface area contributed by atoms with Gasteiger partial charge in [0.25, 0.3) is 5.91 Å². The number of alkyl halides is 3. The molecule has 0 saturated heterocycles. The SMILES string of the molecule is CCC(C)=CSC=C(C)C(=O)Nc1cccc2oc(-c3cccc(OC(F)(F)F)c3)nc12. The quantitative estimate of drug-likeness (QED) is 0.374. The van der Waals surface area contributed by atoms with E-state index in [1.165, 1.54) is 35.5 Å². The molecule has 0 aliphatic heterocycles. The first-order valence-corrected chi connectivity index (χ1v) is 10.7. The second kappa shape index (κ2) is 9.95. The van der Waals surface area contributed by atoms with Crippen LogP contribution in [0.4, 0.5) is 18.9 Å². The lowest BCUT2D eigenvalue weighted by atomic mass is 10.2. The van der Waals surface area contributed by atoms with E-state index in [9.17, 15) is 18.0 Å². The van der Waals surface area contributed by atoms with Crippen molar-refractivity contribution < 1.29 is 27.1 Å². The van der Waals surface area contributed by atoms with Gasteiger partial charge in [-0.2, -0.15) is 0 Å². The Morgan fingerprint density at radius 1 is 1.19 bits per heavy atom. The number of anilines is 1. The van der Waals surface area contributed by atoms with Crippen LogP contribution >= 0.6 is 11.8 Å². The molecule has 0 saturated carbocycles. The second-order valence-corrected chi connectivity index (χ2v) is 7.70. The summed E-state index contributed by atoms with van der Waals surface area (Å²) in [4.78, 5) is 16.9. The third kappa shape index (κ3) is 6.16. The Labute approximate surface area is 187 Å². The monoisotopic (exact) mass is 462 g/mol. The number of para-hydroxylation sites is 1. The summed E-state index contributed by atoms with van der Waals surface area (Å²) in [6.07, 6.45) is -3.86. The van der Waals surface area contributed by atoms with Gasteiger partial charge in [-0.1, -0.05) is 24.6 Å². The van der Waals surface area contributed by atoms with Crippen molar-refractivity contribution in [3.05, 3.63) is 64.4 Å². The number of carbonyl (C=O) groups excluding carboxylic acids is 1. The van der Waals surface area contributed by atoms with E-state index in [0.29, 0.717) is 27.9 Å². The number of hydrogen-bond acceptors (Lipinski definition) is 5. The molecule has 1 amide bonds. The van der Waals surface area contributed by atoms with Gasteiger partial charge in [0.2, 0.25) is 5.89 Å². The molecule has 3 rings (SSSR count). The van der Waals surface area contributed by atoms with Crippen LogP contribution in [0.2, 0.25) is 0 Å². The zero-order valence-electron chi connectivity index (χ0n) is 17.6. The highest BCUT2D eigenvalue weighted by molar-refractivity contribution is 8.05. The Bertz CT molecular complexity index is 1180. The molecule has 0 radical (unpaired) electrons. The van der Waals surface area contributed by atoms with Crippen LogP contribution in [-0.4, -0.2) is 17.3 Å². The number of nitrogens with one attached hydrogen (secondary N) is 1. The van der Waals surface area contributed by atoms with Crippen molar-refractivity contribution in [1.29, 1.82) is 0 Å². The maximum atomic E-state index is 12.6. The van der Waals surface area contributed by atoms with Crippen LogP contribution in [0.1, 0.15) is 27.2 Å². The normalized spacial score (nSPS) is 12.8. The van der Waals surface area contributed by atoms with E-state index in [4.69, 9.17) is 4.42 Å². The lowest BCUT2D eigenvalue weighted by molar-refractivity contribution is -0.274. The highest BCUT2D eigenvalue weighted by Gasteiger charge is 2.31. The number of halogens is 3. The average molecular weight is 462 g/mol. The molecular weight excluding hydrogens is 441 g/mol. The Morgan fingerprint density at radius 3 is 2.66 bits per heavy atom. The van der Waals surface area contributed by atoms with E-state index in [-0.39, 0.29) is 17.5 Å². The molecule has 0 fully saturated rings. The summed E-state index contributed by atoms with van der Waals surface area (Å²) in [6, 6.07) is 10.4. The van der Waals surface area contributed by atoms with Crippen LogP contribution < -0.4 is 10.1 Å². The number of nitrogens with zero attached hydrogens (tertiary/aromatic N) is 1. The molecule has 0 bridgehead atoms. The number of fused-ring (bicyclic) bond motifs is 1. The van der Waals surface area contributed by atoms with Crippen molar-refractivity contribution in [2.24, 2.45) is 0 Å². The Balaban J connectivity index is 1.84. The van der Waals surface area contributed by atoms with Gasteiger partial charge < -0.3 is 14.5 Å². The molecule has 32 heavy (non-hydrogen) atoms. The molecule has 0 spiro atoms. The first-order valence-electron chi connectivity index (χ1n) is 9.71. The Kier molecular flexibility index (Phi) is 7.29. The summed E-state index contributed by atoms with van der Waals surface area (Å²) in [6.45, 7) is 5.78. The van der Waals surface area contributed by atoms with Crippen molar-refractivity contribution >= 4 is 34.5 Å². The molecule has 9 heteroatoms. The van der Waals surface area contributed by atoms with E-state index < -0.39 is 6.36 Å². The van der Waals surface area contributed by atoms with Crippen LogP contribution in [0.15, 0.2) is 68.8 Å². The zero-order chi connectivity index (χ0) is 23.3. The molecule has 2 aromatic carbocycles. The van der Waals surface area contributed by atoms with Crippen LogP contribution in [0, 0.1) is 0 Å². The Morgan fingerprint density at radius 2 is 1.94 bits per heavy atom. The third-order valence-electron chi connectivity index (χ3n) is 4.41. The molecule has 3 aromatic rings. The fourth-order valence-corrected chi connectivity index (χ4v) is 3.39. The van der Waals surface area contributed by atoms with Crippen molar-refractivity contribution in [1.82, 2.24) is 4.98 Å². The first-order chi connectivity index (χ1) is 15.2. The van der Waals surface area contributed by atoms with Crippen LogP contribution in [0.5, 0.6) is 5.75 Å². The van der Waals surface area contributed by atoms with Crippen molar-refractivity contribution in [3.8, 4) is 17.2 Å². The number of amides is 1. The molecule has 168 valence electrons. The molecule has 0 atom stereocenters. The molecule has 0 unspecified atom stereocenters. The highest BCUT2D eigenvalue weighted by atomic mass is 32.2. The van der Waals surface area contributed by atoms with Gasteiger partial charge in [0.15, 0.2) is 5.58 Å². The highest BCUT2D eigenvalue weighted by Crippen LogP contribution is 2.32. The molecule has 1 N–H and O–H groups in total. The number of allylic oxidation sites excluding steroid dienone is 1. The van der Waals surface area contributed by atoms with Gasteiger partial charge in [-0.3, -0.25) is 4.79 Å². The predicted molar refractivity (Wildman–Crippen MR) is 120 cm³/mol. The van der Waals surface area contributed by atoms with Crippen LogP contribution in [-0.2, 0) is 4.79 Å². The van der Waals surface area contributed by atoms with Crippen molar-refractivity contribution in [3.63, 3.8) is 0 Å². The van der Waals surface area contributed by atoms with Gasteiger partial charge in [0, 0.05) is 11.1 Å². The maximum Gasteiger partial charge on any atom is 0.573 e. The minimum absolute atomic E-state index is 0.109. The minimum atomic E-state index is -4.80. The zero-order valence-corrected chi connectivity index (χ0v) is 18.4. The lowest BCUT2D eigenvalue weighted by Crippen LogP contribution is -2.17. The number of aromatic nitrogens is 1. The number of thioether (sulfide) groups is 1. The topological polar surface area (TPSA) is 64.4 Å². The summed E-state index contributed by atoms with van der Waals surface area (Å²) in [5.41, 5.74) is 3.25. The summed E-state index contributed by atoms with van der Waals surface area (Å²) < 4.78 is 47.2. The van der Waals surface area contributed by atoms with E-state index in [0.717, 1.165) is 6.42 Å². The summed E-state index contributed by atoms with van der Waals surface area (Å²) in [7, 11) is 0. The number of hydrogen-bond donors (Lipinski definition) is 1. The number of rotatable bonds is 7. The standard InChI is InChI=1S/C23H21F3N2O3S/c1-4-14(2)12-32-13-15(3)21(29)27-18-9-6-10-19-20(18)28-22(30-19)16-7-5-8-17(11-16)31-23(24,25)26/h5-13H,4H2,1-3H3,(H,27,29). The molecule has 0 aliphatic rings. The third-order valence-corrected chi connectivity index (χ3v) is 5.44. The number of benzene rings is 2. The fourth-order valence-electron chi connectivity index (χ4n) is 2.61. The molecule has 1 heterocycles. The molecule has 1 aromatic heterocycles. The van der Waals surface area contributed by atoms with E-state index >= 15 is 0 Å². The second-order valence-electron chi connectivity index (χ2n) is 6.96. The molecular formula is C23H21F3N2O3S. The van der Waals surface area contributed by atoms with Gasteiger partial charge in [0.1, 0.15) is 11.3 Å². The number of oxazole rings is 1. The number of ether oxygens (including phenoxy) is 1. The summed E-state index contributed by atoms with van der Waals surface area (Å²) in [5.74, 6) is -0.564. The largest absolute Gasteiger partial charge is 0.573 e. The lowest BCUT2D eigenvalue weighted by Gasteiger charge is -2.08. The Hall–Kier alpha value is -3.20. The minimum Gasteiger partial charge on any atom is -0.436 e. The number of carbonyl (C=O) groups is 1. The average Bonchev–Trinajstić information content (AvgIpc) is 3.18. The first kappa shape index (κ1) is 23.5. The molecule has 0 aliphatic carbocycles. The smallest absolute Gasteiger partial charge is 0.436 e. The fraction of sp³-hybridized carbons (Fsp3) is 0.217. The van der Waals surface area contributed by atoms with Crippen molar-refractivity contribution in [2.45, 2.75) is 33.6 Å². The van der Waals surface area contributed by atoms with E-state index in [2.05, 4.69) is 22.0 Å². The summed E-state index contributed by atoms with van der Waals surface area (Å²) >= 11 is 1.43. The maximum absolute atomic E-state index is 12.6. The van der Waals surface area contributed by atoms with Gasteiger partial charge in [-0.05, 0) is 61.4 Å². The van der Waals surface area contributed by atoms with Gasteiger partial charge in [-0.15, -0.1) is 24.9 Å². The van der Waals surface area contributed by atoms with Crippen LogP contribution in [0.3, 0.4) is 0 Å². The molecule has 5 nitrogen and oxygen atoms in total. The van der Waals surface area contributed by atoms with E-state index in [1.807, 2.05) is 12.3 Å². The van der Waals surface area contributed by atoms with Crippen molar-refractivity contribution in [2.75, 3.05) is 5.32 Å². The van der Waals surface area contributed by atoms with Gasteiger partial charge in [-0.25, -0.2) is 4.98 Å². The predicted octanol–water partition coefficient (Wildman–Crippen LogP) is 7.28. The van der Waals surface area contributed by atoms with Gasteiger partial charge >= 0.3 is 6.36 Å². The van der Waals surface area contributed by atoms with Gasteiger partial charge in [0.05, 0.1) is 5.69 Å².